The van der Waals surface area contributed by atoms with Crippen molar-refractivity contribution in [1.82, 2.24) is 20.4 Å². The molecule has 2 aliphatic rings. The second-order valence-electron chi connectivity index (χ2n) is 7.87. The predicted octanol–water partition coefficient (Wildman–Crippen LogP) is 3.75. The van der Waals surface area contributed by atoms with Crippen molar-refractivity contribution < 1.29 is 22.5 Å². The van der Waals surface area contributed by atoms with Crippen molar-refractivity contribution in [3.05, 3.63) is 35.7 Å². The van der Waals surface area contributed by atoms with Crippen LogP contribution in [0.3, 0.4) is 0 Å². The number of carbonyl (C=O) groups is 1. The van der Waals surface area contributed by atoms with E-state index in [-0.39, 0.29) is 17.8 Å². The molecule has 1 unspecified atom stereocenters. The highest BCUT2D eigenvalue weighted by Gasteiger charge is 2.38. The molecule has 2 fully saturated rings. The molecule has 1 aliphatic carbocycles. The van der Waals surface area contributed by atoms with Crippen LogP contribution in [0.1, 0.15) is 48.4 Å². The highest BCUT2D eigenvalue weighted by Crippen LogP contribution is 2.30. The van der Waals surface area contributed by atoms with E-state index in [1.54, 1.807) is 18.2 Å². The lowest BCUT2D eigenvalue weighted by atomic mass is 10.1. The molecule has 29 heavy (non-hydrogen) atoms. The Hall–Kier alpha value is -2.42. The van der Waals surface area contributed by atoms with E-state index in [1.165, 1.54) is 31.7 Å². The number of hydrogen-bond acceptors (Lipinski definition) is 5. The summed E-state index contributed by atoms with van der Waals surface area (Å²) in [4.78, 5) is 18.4. The van der Waals surface area contributed by atoms with E-state index < -0.39 is 12.1 Å². The molecule has 1 saturated heterocycles. The van der Waals surface area contributed by atoms with Gasteiger partial charge in [-0.3, -0.25) is 4.79 Å². The summed E-state index contributed by atoms with van der Waals surface area (Å²) in [7, 11) is 0. The van der Waals surface area contributed by atoms with Crippen LogP contribution in [0.25, 0.3) is 11.4 Å². The van der Waals surface area contributed by atoms with Crippen LogP contribution in [0.4, 0.5) is 13.2 Å². The largest absolute Gasteiger partial charge is 0.471 e. The van der Waals surface area contributed by atoms with Gasteiger partial charge in [-0.2, -0.15) is 18.2 Å². The lowest BCUT2D eigenvalue weighted by molar-refractivity contribution is -0.159. The second kappa shape index (κ2) is 8.14. The Bertz CT molecular complexity index is 861. The molecule has 1 saturated carbocycles. The van der Waals surface area contributed by atoms with Gasteiger partial charge in [-0.1, -0.05) is 30.1 Å². The third-order valence-electron chi connectivity index (χ3n) is 5.65. The van der Waals surface area contributed by atoms with Gasteiger partial charge < -0.3 is 14.7 Å². The molecule has 6 nitrogen and oxygen atoms in total. The maximum Gasteiger partial charge on any atom is 0.471 e. The van der Waals surface area contributed by atoms with E-state index in [0.717, 1.165) is 32.0 Å². The average molecular weight is 408 g/mol. The molecule has 0 bridgehead atoms. The molecule has 1 aromatic carbocycles. The first-order valence-electron chi connectivity index (χ1n) is 9.93. The maximum atomic E-state index is 12.6. The topological polar surface area (TPSA) is 71.3 Å². The van der Waals surface area contributed by atoms with E-state index >= 15 is 0 Å². The minimum absolute atomic E-state index is 0.0783. The zero-order valence-electron chi connectivity index (χ0n) is 15.9. The van der Waals surface area contributed by atoms with Gasteiger partial charge in [-0.15, -0.1) is 0 Å². The Balaban J connectivity index is 1.37. The predicted molar refractivity (Wildman–Crippen MR) is 99.0 cm³/mol. The van der Waals surface area contributed by atoms with Gasteiger partial charge in [0.2, 0.25) is 5.82 Å². The van der Waals surface area contributed by atoms with Crippen molar-refractivity contribution in [2.45, 2.75) is 44.3 Å². The molecule has 1 N–H and O–H groups in total. The maximum absolute atomic E-state index is 12.6. The Morgan fingerprint density at radius 3 is 2.76 bits per heavy atom. The molecule has 2 heterocycles. The number of benzene rings is 1. The minimum Gasteiger partial charge on any atom is -0.348 e. The molecule has 1 atom stereocenters. The number of hydrogen-bond donors (Lipinski definition) is 1. The molecule has 0 radical (unpaired) electrons. The number of amides is 1. The summed E-state index contributed by atoms with van der Waals surface area (Å²) in [5, 5.41) is 6.40. The van der Waals surface area contributed by atoms with Gasteiger partial charge in [0.15, 0.2) is 0 Å². The van der Waals surface area contributed by atoms with Crippen molar-refractivity contribution in [1.29, 1.82) is 0 Å². The third kappa shape index (κ3) is 4.77. The molecule has 1 amide bonds. The first-order valence-corrected chi connectivity index (χ1v) is 9.93. The summed E-state index contributed by atoms with van der Waals surface area (Å²) in [6, 6.07) is 6.31. The zero-order chi connectivity index (χ0) is 20.4. The number of carbonyl (C=O) groups excluding carboxylic acids is 1. The van der Waals surface area contributed by atoms with Crippen LogP contribution in [0, 0.1) is 5.92 Å². The summed E-state index contributed by atoms with van der Waals surface area (Å²) >= 11 is 0. The fourth-order valence-corrected chi connectivity index (χ4v) is 4.20. The summed E-state index contributed by atoms with van der Waals surface area (Å²) in [6.45, 7) is 2.91. The fraction of sp³-hybridized carbons (Fsp3) is 0.550. The summed E-state index contributed by atoms with van der Waals surface area (Å²) in [5.41, 5.74) is 0.654. The van der Waals surface area contributed by atoms with Crippen LogP contribution in [0.2, 0.25) is 0 Å². The number of alkyl halides is 3. The van der Waals surface area contributed by atoms with Crippen molar-refractivity contribution in [3.63, 3.8) is 0 Å². The van der Waals surface area contributed by atoms with E-state index in [1.807, 2.05) is 0 Å². The Kier molecular flexibility index (Phi) is 5.58. The zero-order valence-corrected chi connectivity index (χ0v) is 15.9. The molecule has 9 heteroatoms. The van der Waals surface area contributed by atoms with Gasteiger partial charge in [-0.25, -0.2) is 0 Å². The molecular weight excluding hydrogens is 385 g/mol. The van der Waals surface area contributed by atoms with E-state index in [4.69, 9.17) is 0 Å². The van der Waals surface area contributed by atoms with Crippen molar-refractivity contribution in [2.75, 3.05) is 19.6 Å². The quantitative estimate of drug-likeness (QED) is 0.816. The van der Waals surface area contributed by atoms with Gasteiger partial charge in [0.1, 0.15) is 0 Å². The number of rotatable bonds is 5. The second-order valence-corrected chi connectivity index (χ2v) is 7.87. The number of likely N-dealkylation sites (tertiary alicyclic amines) is 1. The molecule has 156 valence electrons. The van der Waals surface area contributed by atoms with E-state index in [0.29, 0.717) is 11.1 Å². The van der Waals surface area contributed by atoms with Crippen molar-refractivity contribution in [3.8, 4) is 11.4 Å². The Morgan fingerprint density at radius 1 is 1.24 bits per heavy atom. The first-order chi connectivity index (χ1) is 13.9. The number of halogens is 3. The first kappa shape index (κ1) is 19.9. The SMILES string of the molecule is O=C(NC1CCN(CC2CCCC2)C1)c1cccc(-c2noc(C(F)(F)F)n2)c1. The summed E-state index contributed by atoms with van der Waals surface area (Å²) < 4.78 is 42.2. The summed E-state index contributed by atoms with van der Waals surface area (Å²) in [5.74, 6) is -1.08. The van der Waals surface area contributed by atoms with Crippen LogP contribution in [0.5, 0.6) is 0 Å². The van der Waals surface area contributed by atoms with Crippen LogP contribution >= 0.6 is 0 Å². The standard InChI is InChI=1S/C20H23F3N4O2/c21-20(22,23)19-25-17(26-29-19)14-6-3-7-15(10-14)18(28)24-16-8-9-27(12-16)11-13-4-1-2-5-13/h3,6-7,10,13,16H,1-2,4-5,8-9,11-12H2,(H,24,28). The fourth-order valence-electron chi connectivity index (χ4n) is 4.20. The monoisotopic (exact) mass is 408 g/mol. The van der Waals surface area contributed by atoms with Crippen molar-refractivity contribution in [2.24, 2.45) is 5.92 Å². The lowest BCUT2D eigenvalue weighted by Crippen LogP contribution is -2.37. The van der Waals surface area contributed by atoms with E-state index in [2.05, 4.69) is 24.9 Å². The van der Waals surface area contributed by atoms with Gasteiger partial charge in [-0.05, 0) is 37.3 Å². The van der Waals surface area contributed by atoms with Crippen LogP contribution in [-0.4, -0.2) is 46.6 Å². The normalized spacial score (nSPS) is 21.0. The molecule has 0 spiro atoms. The summed E-state index contributed by atoms with van der Waals surface area (Å²) in [6.07, 6.45) is 1.43. The van der Waals surface area contributed by atoms with Crippen molar-refractivity contribution >= 4 is 5.91 Å². The van der Waals surface area contributed by atoms with Crippen LogP contribution < -0.4 is 5.32 Å². The Labute approximate surface area is 166 Å². The van der Waals surface area contributed by atoms with Gasteiger partial charge in [0.25, 0.3) is 5.91 Å². The molecular formula is C20H23F3N4O2. The van der Waals surface area contributed by atoms with Crippen LogP contribution in [-0.2, 0) is 6.18 Å². The number of nitrogens with zero attached hydrogens (tertiary/aromatic N) is 3. The third-order valence-corrected chi connectivity index (χ3v) is 5.65. The van der Waals surface area contributed by atoms with Gasteiger partial charge >= 0.3 is 12.1 Å². The molecule has 4 rings (SSSR count). The molecule has 1 aliphatic heterocycles. The highest BCUT2D eigenvalue weighted by atomic mass is 19.4. The molecule has 2 aromatic rings. The average Bonchev–Trinajstić information content (AvgIpc) is 3.44. The minimum atomic E-state index is -4.70. The smallest absolute Gasteiger partial charge is 0.348 e. The number of aromatic nitrogens is 2. The Morgan fingerprint density at radius 2 is 2.03 bits per heavy atom. The van der Waals surface area contributed by atoms with Gasteiger partial charge in [0.05, 0.1) is 0 Å². The number of nitrogens with one attached hydrogen (secondary N) is 1. The molecule has 1 aromatic heterocycles. The van der Waals surface area contributed by atoms with E-state index in [9.17, 15) is 18.0 Å². The van der Waals surface area contributed by atoms with Crippen LogP contribution in [0.15, 0.2) is 28.8 Å². The van der Waals surface area contributed by atoms with Gasteiger partial charge in [0, 0.05) is 36.8 Å². The highest BCUT2D eigenvalue weighted by molar-refractivity contribution is 5.95. The lowest BCUT2D eigenvalue weighted by Gasteiger charge is -2.20.